The van der Waals surface area contributed by atoms with Gasteiger partial charge in [0.1, 0.15) is 11.9 Å². The highest BCUT2D eigenvalue weighted by atomic mass is 19.1. The third-order valence-electron chi connectivity index (χ3n) is 5.85. The highest BCUT2D eigenvalue weighted by Gasteiger charge is 2.33. The van der Waals surface area contributed by atoms with Crippen molar-refractivity contribution in [1.82, 2.24) is 15.1 Å². The van der Waals surface area contributed by atoms with Crippen molar-refractivity contribution in [3.05, 3.63) is 77.4 Å². The number of carbonyl (C=O) groups is 2. The fourth-order valence-corrected chi connectivity index (χ4v) is 4.25. The Hall–Kier alpha value is -3.88. The van der Waals surface area contributed by atoms with Crippen LogP contribution in [0.1, 0.15) is 23.7 Å². The van der Waals surface area contributed by atoms with Gasteiger partial charge in [0.15, 0.2) is 0 Å². The molecule has 2 aliphatic heterocycles. The Kier molecular flexibility index (Phi) is 5.45. The number of carbonyl (C=O) groups excluding carboxylic acids is 2. The van der Waals surface area contributed by atoms with E-state index in [1.54, 1.807) is 12.1 Å². The van der Waals surface area contributed by atoms with Gasteiger partial charge in [0.05, 0.1) is 43.2 Å². The molecule has 0 aliphatic carbocycles. The molecule has 1 atom stereocenters. The molecule has 0 unspecified atom stereocenters. The summed E-state index contributed by atoms with van der Waals surface area (Å²) >= 11 is 0. The first-order valence-corrected chi connectivity index (χ1v) is 10.8. The number of cyclic esters (lactones) is 1. The minimum Gasteiger partial charge on any atom is -0.442 e. The molecule has 3 heterocycles. The highest BCUT2D eigenvalue weighted by Crippen LogP contribution is 2.32. The van der Waals surface area contributed by atoms with E-state index >= 15 is 4.39 Å². The van der Waals surface area contributed by atoms with Crippen molar-refractivity contribution in [2.75, 3.05) is 22.9 Å². The van der Waals surface area contributed by atoms with Crippen molar-refractivity contribution in [1.29, 1.82) is 0 Å². The summed E-state index contributed by atoms with van der Waals surface area (Å²) in [5, 5.41) is 7.30. The first-order valence-electron chi connectivity index (χ1n) is 10.8. The highest BCUT2D eigenvalue weighted by molar-refractivity contribution is 5.90. The van der Waals surface area contributed by atoms with Crippen LogP contribution in [0.25, 0.3) is 0 Å². The molecule has 0 spiro atoms. The van der Waals surface area contributed by atoms with Gasteiger partial charge in [0, 0.05) is 25.2 Å². The number of nitrogens with one attached hydrogen (secondary N) is 1. The molecule has 2 aromatic carbocycles. The van der Waals surface area contributed by atoms with Crippen LogP contribution in [0.15, 0.2) is 54.7 Å². The summed E-state index contributed by atoms with van der Waals surface area (Å²) in [5.74, 6) is -0.605. The Bertz CT molecular complexity index is 1170. The second-order valence-electron chi connectivity index (χ2n) is 8.33. The molecule has 2 aliphatic rings. The molecule has 0 bridgehead atoms. The second-order valence-corrected chi connectivity index (χ2v) is 8.33. The maximum atomic E-state index is 15.0. The van der Waals surface area contributed by atoms with E-state index in [-0.39, 0.29) is 19.0 Å². The maximum Gasteiger partial charge on any atom is 0.414 e. The van der Waals surface area contributed by atoms with Gasteiger partial charge in [-0.2, -0.15) is 5.10 Å². The third kappa shape index (κ3) is 4.39. The van der Waals surface area contributed by atoms with Crippen LogP contribution < -0.4 is 15.1 Å². The van der Waals surface area contributed by atoms with E-state index in [1.807, 2.05) is 34.0 Å². The number of anilines is 2. The number of aromatic nitrogens is 2. The van der Waals surface area contributed by atoms with Crippen LogP contribution in [0, 0.1) is 5.82 Å². The third-order valence-corrected chi connectivity index (χ3v) is 5.85. The van der Waals surface area contributed by atoms with E-state index in [1.165, 1.54) is 23.5 Å². The molecule has 0 saturated carbocycles. The van der Waals surface area contributed by atoms with Gasteiger partial charge in [-0.1, -0.05) is 30.3 Å². The SMILES string of the molecule is CC(=O)NC[C@H]1CN(c2ccc(N3Cc4cn(Cc5ccccc5)nc4C3)c(F)c2)C(=O)O1. The van der Waals surface area contributed by atoms with Gasteiger partial charge in [0.25, 0.3) is 0 Å². The van der Waals surface area contributed by atoms with Crippen molar-refractivity contribution < 1.29 is 18.7 Å². The number of nitrogens with zero attached hydrogens (tertiary/aromatic N) is 4. The van der Waals surface area contributed by atoms with Gasteiger partial charge in [-0.3, -0.25) is 14.4 Å². The van der Waals surface area contributed by atoms with E-state index in [9.17, 15) is 9.59 Å². The lowest BCUT2D eigenvalue weighted by atomic mass is 10.2. The first-order chi connectivity index (χ1) is 16.0. The number of rotatable bonds is 6. The second kappa shape index (κ2) is 8.57. The minimum atomic E-state index is -0.550. The molecule has 5 rings (SSSR count). The topological polar surface area (TPSA) is 79.7 Å². The Balaban J connectivity index is 1.24. The smallest absolute Gasteiger partial charge is 0.414 e. The van der Waals surface area contributed by atoms with Crippen molar-refractivity contribution in [3.8, 4) is 0 Å². The van der Waals surface area contributed by atoms with Crippen LogP contribution >= 0.6 is 0 Å². The number of hydrogen-bond donors (Lipinski definition) is 1. The average Bonchev–Trinajstić information content (AvgIpc) is 3.46. The van der Waals surface area contributed by atoms with E-state index < -0.39 is 18.0 Å². The molecular formula is C24H24FN5O3. The molecule has 0 radical (unpaired) electrons. The lowest BCUT2D eigenvalue weighted by Crippen LogP contribution is -2.33. The Labute approximate surface area is 190 Å². The zero-order valence-electron chi connectivity index (χ0n) is 18.2. The van der Waals surface area contributed by atoms with Crippen molar-refractivity contribution >= 4 is 23.4 Å². The summed E-state index contributed by atoms with van der Waals surface area (Å²) in [7, 11) is 0. The van der Waals surface area contributed by atoms with Crippen LogP contribution in [-0.2, 0) is 29.2 Å². The van der Waals surface area contributed by atoms with E-state index in [4.69, 9.17) is 4.74 Å². The maximum absolute atomic E-state index is 15.0. The Morgan fingerprint density at radius 1 is 1.21 bits per heavy atom. The van der Waals surface area contributed by atoms with Gasteiger partial charge >= 0.3 is 6.09 Å². The Morgan fingerprint density at radius 2 is 2.03 bits per heavy atom. The summed E-state index contributed by atoms with van der Waals surface area (Å²) < 4.78 is 22.2. The van der Waals surface area contributed by atoms with Crippen LogP contribution in [0.4, 0.5) is 20.6 Å². The van der Waals surface area contributed by atoms with Gasteiger partial charge in [-0.15, -0.1) is 0 Å². The fraction of sp³-hybridized carbons (Fsp3) is 0.292. The lowest BCUT2D eigenvalue weighted by molar-refractivity contribution is -0.119. The molecule has 1 saturated heterocycles. The normalized spacial score (nSPS) is 17.3. The van der Waals surface area contributed by atoms with E-state index in [2.05, 4.69) is 22.5 Å². The monoisotopic (exact) mass is 449 g/mol. The minimum absolute atomic E-state index is 0.196. The van der Waals surface area contributed by atoms with Crippen molar-refractivity contribution in [2.24, 2.45) is 0 Å². The van der Waals surface area contributed by atoms with Crippen LogP contribution in [0.5, 0.6) is 0 Å². The summed E-state index contributed by atoms with van der Waals surface area (Å²) in [4.78, 5) is 26.6. The molecule has 3 aromatic rings. The largest absolute Gasteiger partial charge is 0.442 e. The molecular weight excluding hydrogens is 425 g/mol. The summed E-state index contributed by atoms with van der Waals surface area (Å²) in [6, 6.07) is 14.9. The van der Waals surface area contributed by atoms with Crippen molar-refractivity contribution in [3.63, 3.8) is 0 Å². The zero-order chi connectivity index (χ0) is 22.9. The molecule has 170 valence electrons. The van der Waals surface area contributed by atoms with Crippen LogP contribution in [-0.4, -0.2) is 41.0 Å². The molecule has 1 fully saturated rings. The number of ether oxygens (including phenoxy) is 1. The van der Waals surface area contributed by atoms with E-state index in [0.717, 1.165) is 11.3 Å². The fourth-order valence-electron chi connectivity index (χ4n) is 4.25. The quantitative estimate of drug-likeness (QED) is 0.626. The standard InChI is InChI=1S/C24H24FN5O3/c1-16(31)26-10-20-14-30(24(32)33-20)19-7-8-23(21(25)9-19)28-12-18-13-29(27-22(18)15-28)11-17-5-3-2-4-6-17/h2-9,13,20H,10-12,14-15H2,1H3,(H,26,31)/t20-/m0/s1. The molecule has 1 aromatic heterocycles. The molecule has 2 amide bonds. The molecule has 9 heteroatoms. The summed E-state index contributed by atoms with van der Waals surface area (Å²) in [6.07, 6.45) is 1.00. The Morgan fingerprint density at radius 3 is 2.76 bits per heavy atom. The van der Waals surface area contributed by atoms with Gasteiger partial charge in [-0.05, 0) is 23.8 Å². The van der Waals surface area contributed by atoms with Crippen LogP contribution in [0.3, 0.4) is 0 Å². The summed E-state index contributed by atoms with van der Waals surface area (Å²) in [6.45, 7) is 3.68. The molecule has 33 heavy (non-hydrogen) atoms. The first kappa shape index (κ1) is 21.0. The number of halogens is 1. The predicted octanol–water partition coefficient (Wildman–Crippen LogP) is 3.05. The van der Waals surface area contributed by atoms with Crippen LogP contribution in [0.2, 0.25) is 0 Å². The average molecular weight is 449 g/mol. The number of hydrogen-bond acceptors (Lipinski definition) is 5. The summed E-state index contributed by atoms with van der Waals surface area (Å²) in [5.41, 5.74) is 4.10. The van der Waals surface area contributed by atoms with E-state index in [0.29, 0.717) is 31.0 Å². The van der Waals surface area contributed by atoms with Gasteiger partial charge < -0.3 is 15.0 Å². The predicted molar refractivity (Wildman–Crippen MR) is 120 cm³/mol. The zero-order valence-corrected chi connectivity index (χ0v) is 18.2. The lowest BCUT2D eigenvalue weighted by Gasteiger charge is -2.21. The van der Waals surface area contributed by atoms with Crippen molar-refractivity contribution in [2.45, 2.75) is 32.7 Å². The molecule has 8 nitrogen and oxygen atoms in total. The molecule has 1 N–H and O–H groups in total. The number of amides is 2. The van der Waals surface area contributed by atoms with Gasteiger partial charge in [-0.25, -0.2) is 9.18 Å². The number of benzene rings is 2. The van der Waals surface area contributed by atoms with Gasteiger partial charge in [0.2, 0.25) is 5.91 Å². The number of fused-ring (bicyclic) bond motifs is 1.